The Hall–Kier alpha value is -1.35. The quantitative estimate of drug-likeness (QED) is 0.858. The molecule has 0 radical (unpaired) electrons. The van der Waals surface area contributed by atoms with Crippen LogP contribution in [-0.4, -0.2) is 16.6 Å². The van der Waals surface area contributed by atoms with Crippen LogP contribution in [-0.2, 0) is 11.2 Å². The molecular formula is C16H25NO2. The normalized spacial score (nSPS) is 15.9. The zero-order valence-electron chi connectivity index (χ0n) is 12.6. The molecule has 2 unspecified atom stereocenters. The molecule has 0 bridgehead atoms. The molecule has 0 aliphatic heterocycles. The smallest absolute Gasteiger partial charge is 0.323 e. The standard InChI is InChI=1S/C16H25NO2/c1-10(9-16(5,17)15(18)19)8-14-7-6-11(2)12(3)13(14)4/h6-7,10H,8-9,17H2,1-5H3,(H,18,19). The first kappa shape index (κ1) is 15.7. The first-order chi connectivity index (χ1) is 8.65. The number of aliphatic carboxylic acids is 1. The van der Waals surface area contributed by atoms with E-state index in [1.165, 1.54) is 22.3 Å². The number of carboxylic acid groups (broad SMARTS) is 1. The van der Waals surface area contributed by atoms with E-state index < -0.39 is 11.5 Å². The van der Waals surface area contributed by atoms with Crippen LogP contribution < -0.4 is 5.73 Å². The third-order valence-corrected chi connectivity index (χ3v) is 4.00. The Morgan fingerprint density at radius 1 is 1.32 bits per heavy atom. The number of nitrogens with two attached hydrogens (primary N) is 1. The van der Waals surface area contributed by atoms with E-state index in [9.17, 15) is 4.79 Å². The lowest BCUT2D eigenvalue weighted by molar-refractivity contribution is -0.143. The minimum atomic E-state index is -1.15. The van der Waals surface area contributed by atoms with Gasteiger partial charge in [0.2, 0.25) is 0 Å². The second-order valence-electron chi connectivity index (χ2n) is 6.03. The molecule has 106 valence electrons. The highest BCUT2D eigenvalue weighted by Crippen LogP contribution is 2.23. The van der Waals surface area contributed by atoms with Crippen LogP contribution in [0.1, 0.15) is 42.5 Å². The second kappa shape index (κ2) is 5.74. The largest absolute Gasteiger partial charge is 0.480 e. The zero-order valence-corrected chi connectivity index (χ0v) is 12.6. The fraction of sp³-hybridized carbons (Fsp3) is 0.562. The van der Waals surface area contributed by atoms with E-state index in [1.54, 1.807) is 6.92 Å². The molecule has 1 aromatic rings. The lowest BCUT2D eigenvalue weighted by Crippen LogP contribution is -2.46. The van der Waals surface area contributed by atoms with Gasteiger partial charge in [0.15, 0.2) is 0 Å². The molecule has 19 heavy (non-hydrogen) atoms. The van der Waals surface area contributed by atoms with Crippen molar-refractivity contribution in [3.8, 4) is 0 Å². The minimum Gasteiger partial charge on any atom is -0.480 e. The fourth-order valence-electron chi connectivity index (χ4n) is 2.49. The maximum Gasteiger partial charge on any atom is 0.323 e. The lowest BCUT2D eigenvalue weighted by atomic mass is 9.85. The maximum absolute atomic E-state index is 11.0. The Morgan fingerprint density at radius 2 is 1.89 bits per heavy atom. The number of carbonyl (C=O) groups is 1. The highest BCUT2D eigenvalue weighted by Gasteiger charge is 2.29. The summed E-state index contributed by atoms with van der Waals surface area (Å²) >= 11 is 0. The van der Waals surface area contributed by atoms with Crippen LogP contribution in [0.5, 0.6) is 0 Å². The summed E-state index contributed by atoms with van der Waals surface area (Å²) in [5, 5.41) is 9.07. The molecule has 0 amide bonds. The Kier molecular flexibility index (Phi) is 4.75. The van der Waals surface area contributed by atoms with Gasteiger partial charge in [-0.05, 0) is 68.7 Å². The highest BCUT2D eigenvalue weighted by atomic mass is 16.4. The van der Waals surface area contributed by atoms with Crippen LogP contribution in [0.4, 0.5) is 0 Å². The Morgan fingerprint density at radius 3 is 2.42 bits per heavy atom. The predicted octanol–water partition coefficient (Wildman–Crippen LogP) is 2.98. The first-order valence-electron chi connectivity index (χ1n) is 6.73. The molecule has 3 nitrogen and oxygen atoms in total. The molecule has 0 saturated heterocycles. The molecule has 0 saturated carbocycles. The summed E-state index contributed by atoms with van der Waals surface area (Å²) in [6.07, 6.45) is 1.35. The molecule has 0 heterocycles. The van der Waals surface area contributed by atoms with Gasteiger partial charge in [0.05, 0.1) is 0 Å². The molecule has 1 aromatic carbocycles. The number of rotatable bonds is 5. The second-order valence-corrected chi connectivity index (χ2v) is 6.03. The number of benzene rings is 1. The van der Waals surface area contributed by atoms with Gasteiger partial charge in [-0.25, -0.2) is 0 Å². The molecule has 0 fully saturated rings. The molecule has 1 rings (SSSR count). The van der Waals surface area contributed by atoms with Gasteiger partial charge in [-0.15, -0.1) is 0 Å². The van der Waals surface area contributed by atoms with Crippen molar-refractivity contribution in [2.75, 3.05) is 0 Å². The number of aryl methyl sites for hydroxylation is 1. The molecule has 0 aliphatic rings. The van der Waals surface area contributed by atoms with Crippen LogP contribution in [0.2, 0.25) is 0 Å². The van der Waals surface area contributed by atoms with Crippen molar-refractivity contribution in [3.63, 3.8) is 0 Å². The topological polar surface area (TPSA) is 63.3 Å². The average molecular weight is 263 g/mol. The summed E-state index contributed by atoms with van der Waals surface area (Å²) in [6, 6.07) is 4.27. The fourth-order valence-corrected chi connectivity index (χ4v) is 2.49. The van der Waals surface area contributed by atoms with Crippen molar-refractivity contribution >= 4 is 5.97 Å². The van der Waals surface area contributed by atoms with Gasteiger partial charge in [0.1, 0.15) is 5.54 Å². The summed E-state index contributed by atoms with van der Waals surface area (Å²) in [5.74, 6) is -0.692. The van der Waals surface area contributed by atoms with Crippen molar-refractivity contribution in [2.24, 2.45) is 11.7 Å². The van der Waals surface area contributed by atoms with E-state index in [4.69, 9.17) is 10.8 Å². The van der Waals surface area contributed by atoms with Crippen molar-refractivity contribution in [1.82, 2.24) is 0 Å². The third kappa shape index (κ3) is 3.80. The monoisotopic (exact) mass is 263 g/mol. The van der Waals surface area contributed by atoms with Crippen LogP contribution in [0.3, 0.4) is 0 Å². The van der Waals surface area contributed by atoms with E-state index >= 15 is 0 Å². The van der Waals surface area contributed by atoms with Crippen molar-refractivity contribution < 1.29 is 9.90 Å². The minimum absolute atomic E-state index is 0.243. The van der Waals surface area contributed by atoms with Gasteiger partial charge in [-0.2, -0.15) is 0 Å². The summed E-state index contributed by atoms with van der Waals surface area (Å²) < 4.78 is 0. The van der Waals surface area contributed by atoms with Crippen LogP contribution in [0.25, 0.3) is 0 Å². The summed E-state index contributed by atoms with van der Waals surface area (Å²) in [4.78, 5) is 11.0. The number of carboxylic acids is 1. The Balaban J connectivity index is 2.81. The average Bonchev–Trinajstić information content (AvgIpc) is 2.29. The van der Waals surface area contributed by atoms with E-state index in [2.05, 4.69) is 39.8 Å². The van der Waals surface area contributed by atoms with Gasteiger partial charge in [-0.1, -0.05) is 19.1 Å². The Bertz CT molecular complexity index is 478. The third-order valence-electron chi connectivity index (χ3n) is 4.00. The lowest BCUT2D eigenvalue weighted by Gasteiger charge is -2.24. The van der Waals surface area contributed by atoms with Crippen LogP contribution in [0.15, 0.2) is 12.1 Å². The number of hydrogen-bond acceptors (Lipinski definition) is 2. The van der Waals surface area contributed by atoms with Gasteiger partial charge in [0, 0.05) is 0 Å². The molecule has 2 atom stereocenters. The number of hydrogen-bond donors (Lipinski definition) is 2. The predicted molar refractivity (Wildman–Crippen MR) is 78.4 cm³/mol. The molecular weight excluding hydrogens is 238 g/mol. The maximum atomic E-state index is 11.0. The van der Waals surface area contributed by atoms with E-state index in [-0.39, 0.29) is 5.92 Å². The van der Waals surface area contributed by atoms with Crippen molar-refractivity contribution in [2.45, 2.75) is 53.0 Å². The Labute approximate surface area is 115 Å². The van der Waals surface area contributed by atoms with Gasteiger partial charge < -0.3 is 10.8 Å². The SMILES string of the molecule is Cc1ccc(CC(C)CC(C)(N)C(=O)O)c(C)c1C. The summed E-state index contributed by atoms with van der Waals surface area (Å²) in [6.45, 7) is 10.0. The highest BCUT2D eigenvalue weighted by molar-refractivity contribution is 5.77. The molecule has 3 heteroatoms. The molecule has 0 aliphatic carbocycles. The van der Waals surface area contributed by atoms with E-state index in [0.29, 0.717) is 6.42 Å². The van der Waals surface area contributed by atoms with Crippen LogP contribution in [0, 0.1) is 26.7 Å². The van der Waals surface area contributed by atoms with E-state index in [1.807, 2.05) is 0 Å². The van der Waals surface area contributed by atoms with Gasteiger partial charge in [-0.3, -0.25) is 4.79 Å². The molecule has 3 N–H and O–H groups in total. The van der Waals surface area contributed by atoms with Crippen molar-refractivity contribution in [1.29, 1.82) is 0 Å². The van der Waals surface area contributed by atoms with Crippen LogP contribution >= 0.6 is 0 Å². The van der Waals surface area contributed by atoms with Gasteiger partial charge >= 0.3 is 5.97 Å². The van der Waals surface area contributed by atoms with Crippen molar-refractivity contribution in [3.05, 3.63) is 34.4 Å². The summed E-state index contributed by atoms with van der Waals surface area (Å²) in [5.41, 5.74) is 9.87. The molecule has 0 spiro atoms. The summed E-state index contributed by atoms with van der Waals surface area (Å²) in [7, 11) is 0. The molecule has 0 aromatic heterocycles. The van der Waals surface area contributed by atoms with E-state index in [0.717, 1.165) is 6.42 Å². The van der Waals surface area contributed by atoms with Gasteiger partial charge in [0.25, 0.3) is 0 Å². The zero-order chi connectivity index (χ0) is 14.8. The first-order valence-corrected chi connectivity index (χ1v) is 6.73.